The van der Waals surface area contributed by atoms with E-state index in [9.17, 15) is 14.7 Å². The number of aliphatic hydroxyl groups excluding tert-OH is 1. The van der Waals surface area contributed by atoms with Gasteiger partial charge >= 0.3 is 0 Å². The van der Waals surface area contributed by atoms with E-state index >= 15 is 0 Å². The molecule has 1 atom stereocenters. The molecule has 0 saturated carbocycles. The highest BCUT2D eigenvalue weighted by Gasteiger charge is 2.45. The fourth-order valence-corrected chi connectivity index (χ4v) is 3.62. The number of aliphatic hydroxyl groups is 1. The average molecular weight is 424 g/mol. The minimum absolute atomic E-state index is 0.0793. The van der Waals surface area contributed by atoms with Gasteiger partial charge in [0, 0.05) is 19.2 Å². The number of benzene rings is 2. The van der Waals surface area contributed by atoms with E-state index in [0.29, 0.717) is 23.5 Å². The van der Waals surface area contributed by atoms with E-state index in [2.05, 4.69) is 6.92 Å². The number of aryl methyl sites for hydroxylation is 1. The lowest BCUT2D eigenvalue weighted by molar-refractivity contribution is -0.140. The van der Waals surface area contributed by atoms with Crippen molar-refractivity contribution in [2.75, 3.05) is 26.9 Å². The number of unbranched alkanes of at least 4 members (excludes halogenated alkanes) is 1. The molecule has 6 nitrogen and oxygen atoms in total. The monoisotopic (exact) mass is 423 g/mol. The maximum Gasteiger partial charge on any atom is 0.295 e. The minimum atomic E-state index is -0.717. The first-order chi connectivity index (χ1) is 15.0. The van der Waals surface area contributed by atoms with Crippen LogP contribution in [0, 0.1) is 6.92 Å². The highest BCUT2D eigenvalue weighted by atomic mass is 16.5. The number of likely N-dealkylation sites (tertiary alicyclic amines) is 1. The zero-order valence-corrected chi connectivity index (χ0v) is 18.3. The minimum Gasteiger partial charge on any atom is -0.507 e. The molecule has 0 spiro atoms. The standard InChI is InChI=1S/C25H29NO5/c1-4-5-14-31-20-8-6-7-19(16-20)22-21(23(27)18-11-9-17(2)10-12-18)24(28)25(29)26(22)13-15-30-3/h6-12,16,22,27H,4-5,13-15H2,1-3H3/b23-21+. The molecule has 0 aliphatic carbocycles. The maximum absolute atomic E-state index is 13.0. The first kappa shape index (κ1) is 22.6. The predicted molar refractivity (Wildman–Crippen MR) is 119 cm³/mol. The summed E-state index contributed by atoms with van der Waals surface area (Å²) < 4.78 is 11.0. The molecule has 1 heterocycles. The van der Waals surface area contributed by atoms with Gasteiger partial charge in [0.25, 0.3) is 11.7 Å². The number of Topliss-reactive ketones (excluding diaryl/α,β-unsaturated/α-hetero) is 1. The Morgan fingerprint density at radius 3 is 2.52 bits per heavy atom. The van der Waals surface area contributed by atoms with Gasteiger partial charge in [0.2, 0.25) is 0 Å². The van der Waals surface area contributed by atoms with Gasteiger partial charge in [0.15, 0.2) is 0 Å². The molecule has 164 valence electrons. The summed E-state index contributed by atoms with van der Waals surface area (Å²) in [5.74, 6) is -0.858. The first-order valence-electron chi connectivity index (χ1n) is 10.5. The Bertz CT molecular complexity index is 964. The van der Waals surface area contributed by atoms with Crippen LogP contribution in [0.4, 0.5) is 0 Å². The second-order valence-corrected chi connectivity index (χ2v) is 7.63. The van der Waals surface area contributed by atoms with Gasteiger partial charge in [-0.25, -0.2) is 0 Å². The van der Waals surface area contributed by atoms with Crippen molar-refractivity contribution < 1.29 is 24.2 Å². The molecule has 0 radical (unpaired) electrons. The topological polar surface area (TPSA) is 76.1 Å². The quantitative estimate of drug-likeness (QED) is 0.283. The lowest BCUT2D eigenvalue weighted by Gasteiger charge is -2.25. The van der Waals surface area contributed by atoms with E-state index in [1.54, 1.807) is 19.2 Å². The molecule has 31 heavy (non-hydrogen) atoms. The summed E-state index contributed by atoms with van der Waals surface area (Å²) in [6.07, 6.45) is 1.96. The number of carbonyl (C=O) groups is 2. The Morgan fingerprint density at radius 1 is 1.10 bits per heavy atom. The van der Waals surface area contributed by atoms with Crippen molar-refractivity contribution in [1.29, 1.82) is 0 Å². The van der Waals surface area contributed by atoms with Gasteiger partial charge in [-0.05, 0) is 31.0 Å². The van der Waals surface area contributed by atoms with E-state index in [4.69, 9.17) is 9.47 Å². The smallest absolute Gasteiger partial charge is 0.295 e. The van der Waals surface area contributed by atoms with Crippen LogP contribution in [0.1, 0.15) is 42.5 Å². The molecule has 1 fully saturated rings. The highest BCUT2D eigenvalue weighted by Crippen LogP contribution is 2.40. The Balaban J connectivity index is 2.07. The Kier molecular flexibility index (Phi) is 7.47. The fourth-order valence-electron chi connectivity index (χ4n) is 3.62. The molecule has 1 unspecified atom stereocenters. The summed E-state index contributed by atoms with van der Waals surface area (Å²) in [6, 6.07) is 13.8. The lowest BCUT2D eigenvalue weighted by atomic mass is 9.95. The first-order valence-corrected chi connectivity index (χ1v) is 10.5. The van der Waals surface area contributed by atoms with Crippen LogP contribution >= 0.6 is 0 Å². The van der Waals surface area contributed by atoms with Crippen molar-refractivity contribution in [2.45, 2.75) is 32.7 Å². The van der Waals surface area contributed by atoms with Gasteiger partial charge in [-0.1, -0.05) is 55.3 Å². The Hall–Kier alpha value is -3.12. The van der Waals surface area contributed by atoms with Crippen molar-refractivity contribution in [3.8, 4) is 5.75 Å². The molecule has 0 bridgehead atoms. The van der Waals surface area contributed by atoms with E-state index in [1.807, 2.05) is 43.3 Å². The zero-order chi connectivity index (χ0) is 22.4. The summed E-state index contributed by atoms with van der Waals surface area (Å²) in [7, 11) is 1.54. The van der Waals surface area contributed by atoms with Gasteiger partial charge in [-0.2, -0.15) is 0 Å². The van der Waals surface area contributed by atoms with Gasteiger partial charge in [-0.3, -0.25) is 9.59 Å². The van der Waals surface area contributed by atoms with Crippen LogP contribution in [0.2, 0.25) is 0 Å². The van der Waals surface area contributed by atoms with Gasteiger partial charge in [0.1, 0.15) is 11.5 Å². The third-order valence-electron chi connectivity index (χ3n) is 5.34. The number of ketones is 1. The molecule has 2 aromatic rings. The average Bonchev–Trinajstić information content (AvgIpc) is 3.03. The second kappa shape index (κ2) is 10.3. The van der Waals surface area contributed by atoms with E-state index < -0.39 is 17.7 Å². The van der Waals surface area contributed by atoms with Crippen LogP contribution in [-0.4, -0.2) is 48.6 Å². The summed E-state index contributed by atoms with van der Waals surface area (Å²) in [6.45, 7) is 5.14. The van der Waals surface area contributed by atoms with E-state index in [-0.39, 0.29) is 24.5 Å². The molecular weight excluding hydrogens is 394 g/mol. The molecule has 1 saturated heterocycles. The number of hydrogen-bond acceptors (Lipinski definition) is 5. The van der Waals surface area contributed by atoms with Crippen LogP contribution in [-0.2, 0) is 14.3 Å². The summed E-state index contributed by atoms with van der Waals surface area (Å²) >= 11 is 0. The zero-order valence-electron chi connectivity index (χ0n) is 18.3. The number of nitrogens with zero attached hydrogens (tertiary/aromatic N) is 1. The number of amides is 1. The molecule has 1 amide bonds. The number of carbonyl (C=O) groups excluding carboxylic acids is 2. The van der Waals surface area contributed by atoms with Crippen LogP contribution in [0.5, 0.6) is 5.75 Å². The Labute approximate surface area is 183 Å². The van der Waals surface area contributed by atoms with Gasteiger partial charge in [-0.15, -0.1) is 0 Å². The normalized spacial score (nSPS) is 17.9. The molecule has 0 aromatic heterocycles. The largest absolute Gasteiger partial charge is 0.507 e. The highest BCUT2D eigenvalue weighted by molar-refractivity contribution is 6.46. The summed E-state index contributed by atoms with van der Waals surface area (Å²) in [4.78, 5) is 27.2. The number of hydrogen-bond donors (Lipinski definition) is 1. The van der Waals surface area contributed by atoms with Crippen LogP contribution < -0.4 is 4.74 Å². The maximum atomic E-state index is 13.0. The van der Waals surface area contributed by atoms with Gasteiger partial charge in [0.05, 0.1) is 24.8 Å². The molecule has 2 aromatic carbocycles. The van der Waals surface area contributed by atoms with Crippen LogP contribution in [0.25, 0.3) is 5.76 Å². The summed E-state index contributed by atoms with van der Waals surface area (Å²) in [5.41, 5.74) is 2.31. The SMILES string of the molecule is CCCCOc1cccc(C2/C(=C(\O)c3ccc(C)cc3)C(=O)C(=O)N2CCOC)c1. The second-order valence-electron chi connectivity index (χ2n) is 7.63. The third kappa shape index (κ3) is 4.97. The van der Waals surface area contributed by atoms with Crippen molar-refractivity contribution in [3.05, 3.63) is 70.8 Å². The third-order valence-corrected chi connectivity index (χ3v) is 5.34. The summed E-state index contributed by atoms with van der Waals surface area (Å²) in [5, 5.41) is 11.0. The van der Waals surface area contributed by atoms with E-state index in [1.165, 1.54) is 4.90 Å². The predicted octanol–water partition coefficient (Wildman–Crippen LogP) is 4.24. The lowest BCUT2D eigenvalue weighted by Crippen LogP contribution is -2.32. The van der Waals surface area contributed by atoms with Crippen molar-refractivity contribution in [2.24, 2.45) is 0 Å². The number of rotatable bonds is 9. The molecule has 3 rings (SSSR count). The van der Waals surface area contributed by atoms with Crippen LogP contribution in [0.3, 0.4) is 0 Å². The van der Waals surface area contributed by atoms with Crippen molar-refractivity contribution in [3.63, 3.8) is 0 Å². The molecule has 6 heteroatoms. The molecular formula is C25H29NO5. The van der Waals surface area contributed by atoms with Crippen molar-refractivity contribution >= 4 is 17.4 Å². The number of ether oxygens (including phenoxy) is 2. The number of methoxy groups -OCH3 is 1. The molecule has 1 N–H and O–H groups in total. The van der Waals surface area contributed by atoms with E-state index in [0.717, 1.165) is 18.4 Å². The molecule has 1 aliphatic rings. The van der Waals surface area contributed by atoms with Gasteiger partial charge < -0.3 is 19.5 Å². The van der Waals surface area contributed by atoms with Crippen LogP contribution in [0.15, 0.2) is 54.1 Å². The fraction of sp³-hybridized carbons (Fsp3) is 0.360. The molecule has 1 aliphatic heterocycles. The Morgan fingerprint density at radius 2 is 1.84 bits per heavy atom. The van der Waals surface area contributed by atoms with Crippen molar-refractivity contribution in [1.82, 2.24) is 4.90 Å².